The van der Waals surface area contributed by atoms with Crippen molar-refractivity contribution in [2.24, 2.45) is 0 Å². The lowest BCUT2D eigenvalue weighted by Crippen LogP contribution is -2.45. The molecule has 34 heavy (non-hydrogen) atoms. The largest absolute Gasteiger partial charge is 0.479 e. The number of anilines is 2. The van der Waals surface area contributed by atoms with E-state index in [1.54, 1.807) is 30.0 Å². The molecule has 1 aliphatic rings. The zero-order chi connectivity index (χ0) is 25.0. The maximum atomic E-state index is 12.9. The van der Waals surface area contributed by atoms with Crippen LogP contribution in [-0.4, -0.2) is 50.1 Å². The Bertz CT molecular complexity index is 1080. The summed E-state index contributed by atoms with van der Waals surface area (Å²) in [6.45, 7) is 13.1. The second kappa shape index (κ2) is 10.3. The number of urea groups is 1. The predicted octanol–water partition coefficient (Wildman–Crippen LogP) is 4.84. The third-order valence-electron chi connectivity index (χ3n) is 5.92. The number of hydrogen-bond donors (Lipinski definition) is 2. The summed E-state index contributed by atoms with van der Waals surface area (Å²) in [4.78, 5) is 29.5. The van der Waals surface area contributed by atoms with Crippen LogP contribution >= 0.6 is 0 Å². The molecule has 0 saturated heterocycles. The molecule has 0 fully saturated rings. The minimum atomic E-state index is -0.601. The SMILES string of the molecule is C=C(C)c1cccc(C(C)(C)NC(=O)Nc2ccc3c(c2)N(CCCN(C)C)C(=O)C(C)O3)c1. The average molecular weight is 465 g/mol. The van der Waals surface area contributed by atoms with E-state index in [9.17, 15) is 9.59 Å². The molecular weight excluding hydrogens is 428 g/mol. The molecule has 2 aromatic rings. The van der Waals surface area contributed by atoms with Gasteiger partial charge >= 0.3 is 6.03 Å². The molecular formula is C27H36N4O3. The molecule has 0 spiro atoms. The lowest BCUT2D eigenvalue weighted by molar-refractivity contribution is -0.125. The van der Waals surface area contributed by atoms with Gasteiger partial charge in [-0.05, 0) is 90.1 Å². The lowest BCUT2D eigenvalue weighted by atomic mass is 9.92. The Balaban J connectivity index is 1.75. The van der Waals surface area contributed by atoms with E-state index in [0.29, 0.717) is 23.7 Å². The van der Waals surface area contributed by atoms with E-state index < -0.39 is 11.6 Å². The van der Waals surface area contributed by atoms with Crippen LogP contribution in [0.1, 0.15) is 45.2 Å². The maximum absolute atomic E-state index is 12.9. The van der Waals surface area contributed by atoms with Gasteiger partial charge in [-0.3, -0.25) is 4.79 Å². The van der Waals surface area contributed by atoms with E-state index in [2.05, 4.69) is 22.1 Å². The number of allylic oxidation sites excluding steroid dienone is 1. The van der Waals surface area contributed by atoms with E-state index >= 15 is 0 Å². The highest BCUT2D eigenvalue weighted by molar-refractivity contribution is 6.01. The molecule has 1 aliphatic heterocycles. The van der Waals surface area contributed by atoms with E-state index in [0.717, 1.165) is 29.7 Å². The molecule has 3 rings (SSSR count). The smallest absolute Gasteiger partial charge is 0.319 e. The molecule has 1 atom stereocenters. The van der Waals surface area contributed by atoms with Crippen molar-refractivity contribution in [1.29, 1.82) is 0 Å². The Hall–Kier alpha value is -3.32. The molecule has 1 unspecified atom stereocenters. The van der Waals surface area contributed by atoms with Gasteiger partial charge in [0.25, 0.3) is 5.91 Å². The van der Waals surface area contributed by atoms with Gasteiger partial charge in [0.15, 0.2) is 6.10 Å². The summed E-state index contributed by atoms with van der Waals surface area (Å²) in [5, 5.41) is 5.95. The van der Waals surface area contributed by atoms with E-state index in [1.165, 1.54) is 0 Å². The van der Waals surface area contributed by atoms with Crippen LogP contribution in [-0.2, 0) is 10.3 Å². The maximum Gasteiger partial charge on any atom is 0.319 e. The third-order valence-corrected chi connectivity index (χ3v) is 5.92. The van der Waals surface area contributed by atoms with Gasteiger partial charge in [0, 0.05) is 12.2 Å². The van der Waals surface area contributed by atoms with Crippen molar-refractivity contribution < 1.29 is 14.3 Å². The number of rotatable bonds is 8. The molecule has 2 aromatic carbocycles. The molecule has 1 heterocycles. The fraction of sp³-hybridized carbons (Fsp3) is 0.407. The highest BCUT2D eigenvalue weighted by Gasteiger charge is 2.31. The molecule has 0 radical (unpaired) electrons. The molecule has 0 aromatic heterocycles. The van der Waals surface area contributed by atoms with Crippen molar-refractivity contribution >= 4 is 28.9 Å². The number of carbonyl (C=O) groups is 2. The number of nitrogens with one attached hydrogen (secondary N) is 2. The van der Waals surface area contributed by atoms with Gasteiger partial charge in [-0.2, -0.15) is 0 Å². The number of fused-ring (bicyclic) bond motifs is 1. The van der Waals surface area contributed by atoms with Crippen LogP contribution in [0.5, 0.6) is 5.75 Å². The number of carbonyl (C=O) groups excluding carboxylic acids is 2. The van der Waals surface area contributed by atoms with Crippen molar-refractivity contribution in [2.75, 3.05) is 37.4 Å². The first-order valence-electron chi connectivity index (χ1n) is 11.6. The molecule has 0 bridgehead atoms. The minimum Gasteiger partial charge on any atom is -0.479 e. The minimum absolute atomic E-state index is 0.0774. The van der Waals surface area contributed by atoms with Crippen LogP contribution in [0.2, 0.25) is 0 Å². The van der Waals surface area contributed by atoms with E-state index in [1.807, 2.05) is 59.1 Å². The Labute approximate surface area is 202 Å². The Morgan fingerprint density at radius 1 is 1.21 bits per heavy atom. The molecule has 0 saturated carbocycles. The van der Waals surface area contributed by atoms with Crippen LogP contribution in [0.3, 0.4) is 0 Å². The number of ether oxygens (including phenoxy) is 1. The van der Waals surface area contributed by atoms with Gasteiger partial charge in [-0.25, -0.2) is 4.79 Å². The molecule has 7 nitrogen and oxygen atoms in total. The van der Waals surface area contributed by atoms with Crippen LogP contribution in [0.15, 0.2) is 49.0 Å². The summed E-state index contributed by atoms with van der Waals surface area (Å²) < 4.78 is 5.79. The van der Waals surface area contributed by atoms with Gasteiger partial charge in [0.05, 0.1) is 11.2 Å². The van der Waals surface area contributed by atoms with Crippen LogP contribution in [0, 0.1) is 0 Å². The van der Waals surface area contributed by atoms with Gasteiger partial charge in [0.2, 0.25) is 0 Å². The standard InChI is InChI=1S/C27H36N4O3/c1-18(2)20-10-8-11-21(16-20)27(4,5)29-26(33)28-22-12-13-24-23(17-22)31(15-9-14-30(6)7)25(32)19(3)34-24/h8,10-13,16-17,19H,1,9,14-15H2,2-7H3,(H2,28,29,33). The number of nitrogens with zero attached hydrogens (tertiary/aromatic N) is 2. The summed E-state index contributed by atoms with van der Waals surface area (Å²) in [6.07, 6.45) is 0.297. The van der Waals surface area contributed by atoms with E-state index in [-0.39, 0.29) is 11.9 Å². The summed E-state index contributed by atoms with van der Waals surface area (Å²) >= 11 is 0. The highest BCUT2D eigenvalue weighted by atomic mass is 16.5. The lowest BCUT2D eigenvalue weighted by Gasteiger charge is -2.33. The quantitative estimate of drug-likeness (QED) is 0.586. The highest BCUT2D eigenvalue weighted by Crippen LogP contribution is 2.36. The third kappa shape index (κ3) is 5.97. The Morgan fingerprint density at radius 3 is 2.62 bits per heavy atom. The van der Waals surface area contributed by atoms with Gasteiger partial charge in [0.1, 0.15) is 5.75 Å². The predicted molar refractivity (Wildman–Crippen MR) is 138 cm³/mol. The van der Waals surface area contributed by atoms with Crippen molar-refractivity contribution in [3.05, 3.63) is 60.2 Å². The second-order valence-electron chi connectivity index (χ2n) is 9.65. The molecule has 182 valence electrons. The van der Waals surface area contributed by atoms with Crippen molar-refractivity contribution in [3.63, 3.8) is 0 Å². The summed E-state index contributed by atoms with van der Waals surface area (Å²) in [6, 6.07) is 13.0. The summed E-state index contributed by atoms with van der Waals surface area (Å²) in [5.74, 6) is 0.561. The molecule has 3 amide bonds. The second-order valence-corrected chi connectivity index (χ2v) is 9.65. The van der Waals surface area contributed by atoms with E-state index in [4.69, 9.17) is 4.74 Å². The molecule has 2 N–H and O–H groups in total. The monoisotopic (exact) mass is 464 g/mol. The van der Waals surface area contributed by atoms with Crippen LogP contribution in [0.25, 0.3) is 5.57 Å². The Morgan fingerprint density at radius 2 is 1.94 bits per heavy atom. The van der Waals surface area contributed by atoms with Crippen LogP contribution in [0.4, 0.5) is 16.2 Å². The van der Waals surface area contributed by atoms with Gasteiger partial charge < -0.3 is 25.2 Å². The number of hydrogen-bond acceptors (Lipinski definition) is 4. The average Bonchev–Trinajstić information content (AvgIpc) is 2.76. The number of benzene rings is 2. The van der Waals surface area contributed by atoms with Crippen molar-refractivity contribution in [3.8, 4) is 5.75 Å². The van der Waals surface area contributed by atoms with Gasteiger partial charge in [-0.15, -0.1) is 0 Å². The summed E-state index contributed by atoms with van der Waals surface area (Å²) in [7, 11) is 4.02. The molecule has 0 aliphatic carbocycles. The van der Waals surface area contributed by atoms with Gasteiger partial charge in [-0.1, -0.05) is 30.4 Å². The van der Waals surface area contributed by atoms with Crippen molar-refractivity contribution in [2.45, 2.75) is 45.8 Å². The summed E-state index contributed by atoms with van der Waals surface area (Å²) in [5.41, 5.74) is 3.65. The normalized spacial score (nSPS) is 15.6. The zero-order valence-electron chi connectivity index (χ0n) is 21.1. The Kier molecular flexibility index (Phi) is 7.67. The first-order valence-corrected chi connectivity index (χ1v) is 11.6. The number of amides is 3. The molecule has 7 heteroatoms. The zero-order valence-corrected chi connectivity index (χ0v) is 21.1. The fourth-order valence-electron chi connectivity index (χ4n) is 3.95. The van der Waals surface area contributed by atoms with Crippen LogP contribution < -0.4 is 20.3 Å². The fourth-order valence-corrected chi connectivity index (χ4v) is 3.95. The van der Waals surface area contributed by atoms with Crippen molar-refractivity contribution in [1.82, 2.24) is 10.2 Å². The topological polar surface area (TPSA) is 73.9 Å². The first kappa shape index (κ1) is 25.3. The first-order chi connectivity index (χ1) is 16.0.